The smallest absolute Gasteiger partial charge is 0.261 e. The lowest BCUT2D eigenvalue weighted by atomic mass is 10.1. The van der Waals surface area contributed by atoms with Crippen molar-refractivity contribution in [1.82, 2.24) is 10.6 Å². The lowest BCUT2D eigenvalue weighted by molar-refractivity contribution is 0.0933. The maximum Gasteiger partial charge on any atom is 0.261 e. The Morgan fingerprint density at radius 2 is 2.06 bits per heavy atom. The molecule has 0 bridgehead atoms. The zero-order chi connectivity index (χ0) is 11.5. The van der Waals surface area contributed by atoms with Gasteiger partial charge in [0.05, 0.1) is 4.88 Å². The Morgan fingerprint density at radius 1 is 1.41 bits per heavy atom. The predicted molar refractivity (Wildman–Crippen MR) is 74.4 cm³/mol. The highest BCUT2D eigenvalue weighted by Gasteiger charge is 2.17. The van der Waals surface area contributed by atoms with Gasteiger partial charge in [-0.25, -0.2) is 0 Å². The fourth-order valence-corrected chi connectivity index (χ4v) is 2.84. The van der Waals surface area contributed by atoms with Gasteiger partial charge >= 0.3 is 0 Å². The molecule has 0 unspecified atom stereocenters. The number of amides is 1. The van der Waals surface area contributed by atoms with Crippen molar-refractivity contribution in [2.24, 2.45) is 0 Å². The lowest BCUT2D eigenvalue weighted by Crippen LogP contribution is -2.42. The molecule has 0 radical (unpaired) electrons. The van der Waals surface area contributed by atoms with E-state index < -0.39 is 0 Å². The molecule has 2 heterocycles. The maximum absolute atomic E-state index is 12.0. The van der Waals surface area contributed by atoms with Crippen LogP contribution in [0.5, 0.6) is 0 Å². The highest BCUT2D eigenvalue weighted by Crippen LogP contribution is 2.20. The molecular formula is C12H19ClN2OS. The first-order valence-corrected chi connectivity index (χ1v) is 6.57. The molecule has 1 aliphatic rings. The Hall–Kier alpha value is -0.580. The summed E-state index contributed by atoms with van der Waals surface area (Å²) < 4.78 is 0. The maximum atomic E-state index is 12.0. The molecule has 0 aromatic carbocycles. The summed E-state index contributed by atoms with van der Waals surface area (Å²) in [6, 6.07) is 2.33. The Kier molecular flexibility index (Phi) is 5.43. The summed E-state index contributed by atoms with van der Waals surface area (Å²) in [4.78, 5) is 14.0. The highest BCUT2D eigenvalue weighted by molar-refractivity contribution is 7.14. The summed E-state index contributed by atoms with van der Waals surface area (Å²) >= 11 is 1.58. The molecule has 0 spiro atoms. The van der Waals surface area contributed by atoms with Crippen LogP contribution in [0.15, 0.2) is 6.07 Å². The van der Waals surface area contributed by atoms with Crippen LogP contribution in [0.4, 0.5) is 0 Å². The number of hydrogen-bond donors (Lipinski definition) is 2. The second-order valence-corrected chi connectivity index (χ2v) is 5.60. The first-order valence-electron chi connectivity index (χ1n) is 5.75. The molecule has 5 heteroatoms. The van der Waals surface area contributed by atoms with E-state index in [-0.39, 0.29) is 18.3 Å². The zero-order valence-electron chi connectivity index (χ0n) is 10.2. The number of aryl methyl sites for hydroxylation is 2. The van der Waals surface area contributed by atoms with Gasteiger partial charge in [0, 0.05) is 10.9 Å². The van der Waals surface area contributed by atoms with E-state index in [1.807, 2.05) is 13.0 Å². The SMILES string of the molecule is Cc1cc(C(=O)NC2CCNCC2)sc1C.Cl. The van der Waals surface area contributed by atoms with Gasteiger partial charge in [0.2, 0.25) is 0 Å². The van der Waals surface area contributed by atoms with Crippen LogP contribution in [-0.2, 0) is 0 Å². The summed E-state index contributed by atoms with van der Waals surface area (Å²) in [6.07, 6.45) is 2.07. The highest BCUT2D eigenvalue weighted by atomic mass is 35.5. The molecule has 3 nitrogen and oxygen atoms in total. The van der Waals surface area contributed by atoms with Gasteiger partial charge in [0.15, 0.2) is 0 Å². The summed E-state index contributed by atoms with van der Waals surface area (Å²) in [5, 5.41) is 6.40. The van der Waals surface area contributed by atoms with E-state index in [1.54, 1.807) is 11.3 Å². The van der Waals surface area contributed by atoms with Crippen molar-refractivity contribution < 1.29 is 4.79 Å². The fourth-order valence-electron chi connectivity index (χ4n) is 1.91. The van der Waals surface area contributed by atoms with E-state index in [0.29, 0.717) is 6.04 Å². The number of piperidine rings is 1. The molecule has 2 N–H and O–H groups in total. The summed E-state index contributed by atoms with van der Waals surface area (Å²) in [7, 11) is 0. The minimum absolute atomic E-state index is 0. The third kappa shape index (κ3) is 3.69. The summed E-state index contributed by atoms with van der Waals surface area (Å²) in [5.41, 5.74) is 1.21. The van der Waals surface area contributed by atoms with Gasteiger partial charge in [-0.15, -0.1) is 23.7 Å². The standard InChI is InChI=1S/C12H18N2OS.ClH/c1-8-7-11(16-9(8)2)12(15)14-10-3-5-13-6-4-10;/h7,10,13H,3-6H2,1-2H3,(H,14,15);1H. The third-order valence-corrected chi connectivity index (χ3v) is 4.22. The zero-order valence-corrected chi connectivity index (χ0v) is 11.8. The van der Waals surface area contributed by atoms with E-state index in [0.717, 1.165) is 30.8 Å². The second kappa shape index (κ2) is 6.38. The van der Waals surface area contributed by atoms with Crippen molar-refractivity contribution in [3.63, 3.8) is 0 Å². The molecular weight excluding hydrogens is 256 g/mol. The third-order valence-electron chi connectivity index (χ3n) is 3.06. The van der Waals surface area contributed by atoms with Crippen LogP contribution in [0, 0.1) is 13.8 Å². The van der Waals surface area contributed by atoms with Gasteiger partial charge in [0.25, 0.3) is 5.91 Å². The minimum Gasteiger partial charge on any atom is -0.349 e. The van der Waals surface area contributed by atoms with Gasteiger partial charge < -0.3 is 10.6 Å². The Bertz CT molecular complexity index is 366. The number of halogens is 1. The minimum atomic E-state index is 0. The topological polar surface area (TPSA) is 41.1 Å². The number of rotatable bonds is 2. The van der Waals surface area contributed by atoms with Crippen molar-refractivity contribution in [1.29, 1.82) is 0 Å². The van der Waals surface area contributed by atoms with Gasteiger partial charge in [-0.05, 0) is 51.4 Å². The van der Waals surface area contributed by atoms with Crippen molar-refractivity contribution in [2.75, 3.05) is 13.1 Å². The molecule has 1 fully saturated rings. The van der Waals surface area contributed by atoms with Crippen molar-refractivity contribution in [2.45, 2.75) is 32.7 Å². The Balaban J connectivity index is 0.00000144. The number of thiophene rings is 1. The number of carbonyl (C=O) groups excluding carboxylic acids is 1. The molecule has 96 valence electrons. The van der Waals surface area contributed by atoms with Crippen LogP contribution < -0.4 is 10.6 Å². The van der Waals surface area contributed by atoms with Crippen molar-refractivity contribution >= 4 is 29.7 Å². The molecule has 1 aliphatic heterocycles. The summed E-state index contributed by atoms with van der Waals surface area (Å²) in [5.74, 6) is 0.0908. The van der Waals surface area contributed by atoms with E-state index in [2.05, 4.69) is 17.6 Å². The van der Waals surface area contributed by atoms with Crippen LogP contribution in [0.3, 0.4) is 0 Å². The van der Waals surface area contributed by atoms with Gasteiger partial charge in [-0.3, -0.25) is 4.79 Å². The molecule has 1 amide bonds. The van der Waals surface area contributed by atoms with Crippen molar-refractivity contribution in [3.05, 3.63) is 21.4 Å². The molecule has 0 atom stereocenters. The quantitative estimate of drug-likeness (QED) is 0.869. The normalized spacial score (nSPS) is 16.4. The largest absolute Gasteiger partial charge is 0.349 e. The molecule has 2 rings (SSSR count). The Labute approximate surface area is 112 Å². The van der Waals surface area contributed by atoms with E-state index in [9.17, 15) is 4.79 Å². The van der Waals surface area contributed by atoms with Gasteiger partial charge in [-0.1, -0.05) is 0 Å². The van der Waals surface area contributed by atoms with Crippen LogP contribution in [0.1, 0.15) is 33.0 Å². The predicted octanol–water partition coefficient (Wildman–Crippen LogP) is 2.27. The van der Waals surface area contributed by atoms with Crippen LogP contribution in [0.2, 0.25) is 0 Å². The van der Waals surface area contributed by atoms with E-state index in [4.69, 9.17) is 0 Å². The molecule has 0 saturated carbocycles. The molecule has 0 aliphatic carbocycles. The van der Waals surface area contributed by atoms with E-state index >= 15 is 0 Å². The average molecular weight is 275 g/mol. The fraction of sp³-hybridized carbons (Fsp3) is 0.583. The first-order chi connectivity index (χ1) is 7.66. The second-order valence-electron chi connectivity index (χ2n) is 4.35. The van der Waals surface area contributed by atoms with Crippen LogP contribution >= 0.6 is 23.7 Å². The van der Waals surface area contributed by atoms with Crippen molar-refractivity contribution in [3.8, 4) is 0 Å². The number of hydrogen-bond acceptors (Lipinski definition) is 3. The number of nitrogens with one attached hydrogen (secondary N) is 2. The Morgan fingerprint density at radius 3 is 2.59 bits per heavy atom. The van der Waals surface area contributed by atoms with E-state index in [1.165, 1.54) is 10.4 Å². The lowest BCUT2D eigenvalue weighted by Gasteiger charge is -2.23. The molecule has 1 aromatic heterocycles. The average Bonchev–Trinajstić information content (AvgIpc) is 2.61. The molecule has 1 aromatic rings. The van der Waals surface area contributed by atoms with Gasteiger partial charge in [-0.2, -0.15) is 0 Å². The monoisotopic (exact) mass is 274 g/mol. The van der Waals surface area contributed by atoms with Crippen LogP contribution in [0.25, 0.3) is 0 Å². The van der Waals surface area contributed by atoms with Gasteiger partial charge in [0.1, 0.15) is 0 Å². The molecule has 1 saturated heterocycles. The number of carbonyl (C=O) groups is 1. The van der Waals surface area contributed by atoms with Crippen LogP contribution in [-0.4, -0.2) is 25.0 Å². The molecule has 17 heavy (non-hydrogen) atoms. The first kappa shape index (κ1) is 14.5. The summed E-state index contributed by atoms with van der Waals surface area (Å²) in [6.45, 7) is 6.12.